The Morgan fingerprint density at radius 3 is 2.56 bits per heavy atom. The van der Waals surface area contributed by atoms with Gasteiger partial charge in [-0.25, -0.2) is 18.9 Å². The highest BCUT2D eigenvalue weighted by Gasteiger charge is 2.34. The predicted octanol–water partition coefficient (Wildman–Crippen LogP) is 6.47. The Morgan fingerprint density at radius 2 is 1.97 bits per heavy atom. The molecule has 4 rings (SSSR count). The van der Waals surface area contributed by atoms with Crippen molar-refractivity contribution in [1.29, 1.82) is 0 Å². The molecule has 0 aliphatic carbocycles. The van der Waals surface area contributed by atoms with Crippen LogP contribution in [0, 0.1) is 5.82 Å². The number of carbonyl (C=O) groups is 1. The Balaban J connectivity index is 1.98. The van der Waals surface area contributed by atoms with Crippen molar-refractivity contribution in [3.05, 3.63) is 47.1 Å². The van der Waals surface area contributed by atoms with E-state index in [0.717, 1.165) is 16.9 Å². The molecule has 0 atom stereocenters. The molecule has 0 saturated heterocycles. The molecule has 0 bridgehead atoms. The second-order valence-corrected chi connectivity index (χ2v) is 8.93. The largest absolute Gasteiger partial charge is 0.443 e. The van der Waals surface area contributed by atoms with Gasteiger partial charge in [-0.2, -0.15) is 18.3 Å². The molecule has 7 nitrogen and oxygen atoms in total. The molecule has 0 spiro atoms. The third-order valence-corrected chi connectivity index (χ3v) is 5.21. The van der Waals surface area contributed by atoms with E-state index in [1.807, 2.05) is 0 Å². The number of aromatic nitrogens is 4. The zero-order chi connectivity index (χ0) is 25.0. The second-order valence-electron chi connectivity index (χ2n) is 8.52. The van der Waals surface area contributed by atoms with Crippen LogP contribution in [-0.2, 0) is 10.9 Å². The highest BCUT2D eigenvalue weighted by atomic mass is 35.5. The van der Waals surface area contributed by atoms with Gasteiger partial charge in [-0.3, -0.25) is 4.90 Å². The second kappa shape index (κ2) is 8.15. The Hall–Kier alpha value is -3.34. The number of hydrogen-bond donors (Lipinski definition) is 1. The Labute approximate surface area is 196 Å². The maximum Gasteiger partial charge on any atom is 0.435 e. The van der Waals surface area contributed by atoms with Crippen LogP contribution in [0.1, 0.15) is 33.4 Å². The quantitative estimate of drug-likeness (QED) is 0.329. The summed E-state index contributed by atoms with van der Waals surface area (Å²) >= 11 is 6.31. The van der Waals surface area contributed by atoms with E-state index in [4.69, 9.17) is 16.3 Å². The van der Waals surface area contributed by atoms with E-state index in [0.29, 0.717) is 5.52 Å². The molecule has 0 unspecified atom stereocenters. The summed E-state index contributed by atoms with van der Waals surface area (Å²) in [7, 11) is 0. The first-order chi connectivity index (χ1) is 15.8. The average molecular weight is 498 g/mol. The number of anilines is 1. The minimum absolute atomic E-state index is 0.00975. The normalized spacial score (nSPS) is 12.5. The number of amides is 1. The lowest BCUT2D eigenvalue weighted by molar-refractivity contribution is -0.141. The molecular formula is C22H20ClF4N5O2. The van der Waals surface area contributed by atoms with Crippen molar-refractivity contribution in [2.45, 2.75) is 39.5 Å². The van der Waals surface area contributed by atoms with Gasteiger partial charge in [0.05, 0.1) is 33.5 Å². The van der Waals surface area contributed by atoms with Crippen molar-refractivity contribution in [2.75, 3.05) is 11.4 Å². The fourth-order valence-electron chi connectivity index (χ4n) is 3.62. The maximum absolute atomic E-state index is 14.8. The molecule has 0 fully saturated rings. The van der Waals surface area contributed by atoms with Gasteiger partial charge in [0.1, 0.15) is 17.1 Å². The summed E-state index contributed by atoms with van der Waals surface area (Å²) in [6.45, 7) is 6.99. The molecule has 1 N–H and O–H groups in total. The van der Waals surface area contributed by atoms with Crippen LogP contribution in [0.25, 0.3) is 27.6 Å². The van der Waals surface area contributed by atoms with Crippen molar-refractivity contribution < 1.29 is 27.1 Å². The molecule has 1 amide bonds. The lowest BCUT2D eigenvalue weighted by Crippen LogP contribution is -2.37. The van der Waals surface area contributed by atoms with E-state index in [2.05, 4.69) is 15.1 Å². The lowest BCUT2D eigenvalue weighted by atomic mass is 10.1. The van der Waals surface area contributed by atoms with Crippen LogP contribution < -0.4 is 4.90 Å². The van der Waals surface area contributed by atoms with Crippen LogP contribution in [0.5, 0.6) is 0 Å². The van der Waals surface area contributed by atoms with Crippen molar-refractivity contribution >= 4 is 45.3 Å². The van der Waals surface area contributed by atoms with Crippen LogP contribution in [0.4, 0.5) is 28.0 Å². The lowest BCUT2D eigenvalue weighted by Gasteiger charge is -2.27. The monoisotopic (exact) mass is 497 g/mol. The van der Waals surface area contributed by atoms with Gasteiger partial charge >= 0.3 is 12.3 Å². The van der Waals surface area contributed by atoms with Gasteiger partial charge in [0, 0.05) is 18.1 Å². The van der Waals surface area contributed by atoms with Gasteiger partial charge < -0.3 is 9.72 Å². The molecule has 12 heteroatoms. The number of nitrogens with zero attached hydrogens (tertiary/aromatic N) is 4. The molecule has 1 aromatic carbocycles. The van der Waals surface area contributed by atoms with Crippen LogP contribution >= 0.6 is 11.6 Å². The van der Waals surface area contributed by atoms with Crippen molar-refractivity contribution in [2.24, 2.45) is 0 Å². The summed E-state index contributed by atoms with van der Waals surface area (Å²) in [6.07, 6.45) is -2.97. The number of hydrogen-bond acceptors (Lipinski definition) is 4. The fraction of sp³-hybridized carbons (Fsp3) is 0.318. The predicted molar refractivity (Wildman–Crippen MR) is 120 cm³/mol. The third-order valence-electron chi connectivity index (χ3n) is 4.93. The van der Waals surface area contributed by atoms with Crippen LogP contribution in [0.15, 0.2) is 30.6 Å². The van der Waals surface area contributed by atoms with E-state index in [1.54, 1.807) is 27.7 Å². The summed E-state index contributed by atoms with van der Waals surface area (Å²) in [5.74, 6) is -0.673. The zero-order valence-corrected chi connectivity index (χ0v) is 19.3. The number of aromatic amines is 1. The smallest absolute Gasteiger partial charge is 0.435 e. The standard InChI is InChI=1S/C22H20ClF4N5O2/c1-5-31(20(33)34-21(2,3)4)14-9-11(24)8-12-16-18(13(23)10-28-19(16)29-17(12)14)32-7-6-15(30-32)22(25,26)27/h6-10H,5H2,1-4H3,(H,28,29). The first-order valence-corrected chi connectivity index (χ1v) is 10.6. The minimum Gasteiger partial charge on any atom is -0.443 e. The van der Waals surface area contributed by atoms with E-state index >= 15 is 0 Å². The van der Waals surface area contributed by atoms with E-state index in [9.17, 15) is 22.4 Å². The van der Waals surface area contributed by atoms with Gasteiger partial charge in [0.25, 0.3) is 0 Å². The molecule has 0 saturated carbocycles. The topological polar surface area (TPSA) is 76.0 Å². The minimum atomic E-state index is -4.65. The molecule has 3 aromatic heterocycles. The number of H-pyrrole nitrogens is 1. The molecular weight excluding hydrogens is 478 g/mol. The number of carbonyl (C=O) groups excluding carboxylic acids is 1. The van der Waals surface area contributed by atoms with Gasteiger partial charge in [-0.1, -0.05) is 11.6 Å². The number of fused-ring (bicyclic) bond motifs is 3. The number of benzene rings is 1. The third kappa shape index (κ3) is 4.27. The van der Waals surface area contributed by atoms with E-state index < -0.39 is 29.4 Å². The SMILES string of the molecule is CCN(C(=O)OC(C)(C)C)c1cc(F)cc2c1[nH]c1ncc(Cl)c(-n3ccc(C(F)(F)F)n3)c12. The van der Waals surface area contributed by atoms with Gasteiger partial charge in [0.2, 0.25) is 0 Å². The highest BCUT2D eigenvalue weighted by molar-refractivity contribution is 6.34. The van der Waals surface area contributed by atoms with Crippen molar-refractivity contribution in [3.8, 4) is 5.69 Å². The van der Waals surface area contributed by atoms with Crippen molar-refractivity contribution in [1.82, 2.24) is 19.7 Å². The molecule has 3 heterocycles. The summed E-state index contributed by atoms with van der Waals surface area (Å²) in [5.41, 5.74) is -1.06. The first kappa shape index (κ1) is 23.8. The number of halogens is 5. The summed E-state index contributed by atoms with van der Waals surface area (Å²) in [6, 6.07) is 3.17. The number of ether oxygens (including phenoxy) is 1. The van der Waals surface area contributed by atoms with E-state index in [1.165, 1.54) is 23.2 Å². The summed E-state index contributed by atoms with van der Waals surface area (Å²) in [4.78, 5) is 21.3. The Kier molecular flexibility index (Phi) is 5.71. The summed E-state index contributed by atoms with van der Waals surface area (Å²) < 4.78 is 60.6. The van der Waals surface area contributed by atoms with Gasteiger partial charge in [-0.15, -0.1) is 0 Å². The number of pyridine rings is 1. The van der Waals surface area contributed by atoms with Crippen LogP contribution in [0.3, 0.4) is 0 Å². The Bertz CT molecular complexity index is 1400. The van der Waals surface area contributed by atoms with Crippen LogP contribution in [0.2, 0.25) is 5.02 Å². The van der Waals surface area contributed by atoms with Crippen LogP contribution in [-0.4, -0.2) is 38.0 Å². The van der Waals surface area contributed by atoms with Gasteiger partial charge in [-0.05, 0) is 45.9 Å². The number of nitrogens with one attached hydrogen (secondary N) is 1. The molecule has 4 aromatic rings. The highest BCUT2D eigenvalue weighted by Crippen LogP contribution is 2.39. The van der Waals surface area contributed by atoms with E-state index in [-0.39, 0.29) is 39.4 Å². The van der Waals surface area contributed by atoms with Gasteiger partial charge in [0.15, 0.2) is 5.69 Å². The number of alkyl halides is 3. The molecule has 34 heavy (non-hydrogen) atoms. The molecule has 0 aliphatic heterocycles. The average Bonchev–Trinajstić information content (AvgIpc) is 3.32. The fourth-order valence-corrected chi connectivity index (χ4v) is 3.85. The first-order valence-electron chi connectivity index (χ1n) is 10.2. The number of rotatable bonds is 3. The molecule has 0 aliphatic rings. The maximum atomic E-state index is 14.8. The Morgan fingerprint density at radius 1 is 1.26 bits per heavy atom. The summed E-state index contributed by atoms with van der Waals surface area (Å²) in [5, 5.41) is 4.13. The molecule has 180 valence electrons. The molecule has 0 radical (unpaired) electrons. The zero-order valence-electron chi connectivity index (χ0n) is 18.6. The van der Waals surface area contributed by atoms with Crippen molar-refractivity contribution in [3.63, 3.8) is 0 Å².